The standard InChI is InChI=1S/C20H28O6/c1-11(2)8-16(21)25-15-6-7-19(23)10-20(24)14(12(3)17(22)26-20)9-18(19,5)13(15)4/h8,13,15,23-24H,6-7,9-10H2,1-5H3. The molecule has 5 unspecified atom stereocenters. The molecule has 2 aliphatic carbocycles. The van der Waals surface area contributed by atoms with E-state index in [0.717, 1.165) is 5.57 Å². The fourth-order valence-electron chi connectivity index (χ4n) is 4.83. The lowest BCUT2D eigenvalue weighted by molar-refractivity contribution is -0.258. The Labute approximate surface area is 153 Å². The number of rotatable bonds is 2. The Bertz CT molecular complexity index is 718. The van der Waals surface area contributed by atoms with E-state index in [4.69, 9.17) is 9.47 Å². The van der Waals surface area contributed by atoms with Gasteiger partial charge in [0.15, 0.2) is 0 Å². The van der Waals surface area contributed by atoms with Crippen LogP contribution in [-0.2, 0) is 19.1 Å². The number of aliphatic hydroxyl groups is 2. The van der Waals surface area contributed by atoms with E-state index in [1.54, 1.807) is 6.92 Å². The third-order valence-electron chi connectivity index (χ3n) is 6.71. The van der Waals surface area contributed by atoms with Crippen LogP contribution in [0, 0.1) is 11.3 Å². The van der Waals surface area contributed by atoms with Crippen molar-refractivity contribution in [3.05, 3.63) is 22.8 Å². The van der Waals surface area contributed by atoms with Gasteiger partial charge in [0.25, 0.3) is 0 Å². The van der Waals surface area contributed by atoms with E-state index in [9.17, 15) is 19.8 Å². The lowest BCUT2D eigenvalue weighted by Crippen LogP contribution is -2.64. The summed E-state index contributed by atoms with van der Waals surface area (Å²) in [4.78, 5) is 24.0. The largest absolute Gasteiger partial charge is 0.459 e. The molecular formula is C20H28O6. The summed E-state index contributed by atoms with van der Waals surface area (Å²) >= 11 is 0. The minimum atomic E-state index is -1.72. The molecule has 0 aromatic carbocycles. The molecule has 144 valence electrons. The van der Waals surface area contributed by atoms with Crippen molar-refractivity contribution >= 4 is 11.9 Å². The Kier molecular flexibility index (Phi) is 4.36. The molecule has 1 heterocycles. The summed E-state index contributed by atoms with van der Waals surface area (Å²) in [5.41, 5.74) is -0.0248. The monoisotopic (exact) mass is 364 g/mol. The van der Waals surface area contributed by atoms with Gasteiger partial charge in [0.2, 0.25) is 5.79 Å². The second-order valence-corrected chi connectivity index (χ2v) is 8.60. The number of allylic oxidation sites excluding steroid dienone is 1. The predicted octanol–water partition coefficient (Wildman–Crippen LogP) is 2.39. The van der Waals surface area contributed by atoms with Crippen LogP contribution in [-0.4, -0.2) is 39.6 Å². The van der Waals surface area contributed by atoms with Gasteiger partial charge in [-0.3, -0.25) is 0 Å². The minimum Gasteiger partial charge on any atom is -0.459 e. The molecule has 0 saturated heterocycles. The maximum Gasteiger partial charge on any atom is 0.336 e. The number of hydrogen-bond donors (Lipinski definition) is 2. The van der Waals surface area contributed by atoms with Crippen LogP contribution in [0.15, 0.2) is 22.8 Å². The van der Waals surface area contributed by atoms with Gasteiger partial charge in [-0.05, 0) is 40.0 Å². The Morgan fingerprint density at radius 2 is 2.00 bits per heavy atom. The van der Waals surface area contributed by atoms with Crippen molar-refractivity contribution in [1.29, 1.82) is 0 Å². The van der Waals surface area contributed by atoms with Crippen molar-refractivity contribution in [2.45, 2.75) is 77.8 Å². The molecule has 0 aromatic rings. The van der Waals surface area contributed by atoms with Crippen LogP contribution in [0.2, 0.25) is 0 Å². The molecule has 6 nitrogen and oxygen atoms in total. The summed E-state index contributed by atoms with van der Waals surface area (Å²) < 4.78 is 10.8. The van der Waals surface area contributed by atoms with Crippen LogP contribution in [0.1, 0.15) is 60.3 Å². The number of hydrogen-bond acceptors (Lipinski definition) is 6. The average molecular weight is 364 g/mol. The molecule has 6 heteroatoms. The highest BCUT2D eigenvalue weighted by molar-refractivity contribution is 5.92. The second-order valence-electron chi connectivity index (χ2n) is 8.60. The first-order chi connectivity index (χ1) is 11.9. The topological polar surface area (TPSA) is 93.1 Å². The van der Waals surface area contributed by atoms with E-state index < -0.39 is 22.8 Å². The average Bonchev–Trinajstić information content (AvgIpc) is 2.71. The lowest BCUT2D eigenvalue weighted by Gasteiger charge is -2.59. The lowest BCUT2D eigenvalue weighted by atomic mass is 9.50. The van der Waals surface area contributed by atoms with Gasteiger partial charge in [0.05, 0.1) is 5.60 Å². The highest BCUT2D eigenvalue weighted by atomic mass is 16.7. The molecule has 0 aromatic heterocycles. The zero-order chi connectivity index (χ0) is 19.5. The van der Waals surface area contributed by atoms with E-state index in [2.05, 4.69) is 0 Å². The van der Waals surface area contributed by atoms with Crippen molar-refractivity contribution in [3.63, 3.8) is 0 Å². The van der Waals surface area contributed by atoms with Crippen LogP contribution in [0.3, 0.4) is 0 Å². The number of ether oxygens (including phenoxy) is 2. The third-order valence-corrected chi connectivity index (χ3v) is 6.71. The highest BCUT2D eigenvalue weighted by Crippen LogP contribution is 2.61. The van der Waals surface area contributed by atoms with Gasteiger partial charge in [-0.25, -0.2) is 9.59 Å². The molecule has 26 heavy (non-hydrogen) atoms. The number of carbonyl (C=O) groups excluding carboxylic acids is 2. The molecule has 1 aliphatic heterocycles. The van der Waals surface area contributed by atoms with E-state index in [1.165, 1.54) is 6.08 Å². The smallest absolute Gasteiger partial charge is 0.336 e. The Morgan fingerprint density at radius 3 is 2.62 bits per heavy atom. The molecule has 3 aliphatic rings. The number of esters is 2. The summed E-state index contributed by atoms with van der Waals surface area (Å²) in [5, 5.41) is 22.2. The molecule has 3 rings (SSSR count). The van der Waals surface area contributed by atoms with Crippen LogP contribution in [0.4, 0.5) is 0 Å². The first-order valence-electron chi connectivity index (χ1n) is 9.16. The number of fused-ring (bicyclic) bond motifs is 2. The normalized spacial score (nSPS) is 41.9. The first kappa shape index (κ1) is 19.1. The summed E-state index contributed by atoms with van der Waals surface area (Å²) in [7, 11) is 0. The van der Waals surface area contributed by atoms with Crippen LogP contribution in [0.5, 0.6) is 0 Å². The van der Waals surface area contributed by atoms with E-state index in [-0.39, 0.29) is 24.4 Å². The summed E-state index contributed by atoms with van der Waals surface area (Å²) in [5.74, 6) is -2.78. The fourth-order valence-corrected chi connectivity index (χ4v) is 4.83. The van der Waals surface area contributed by atoms with Crippen molar-refractivity contribution in [2.75, 3.05) is 0 Å². The molecule has 2 N–H and O–H groups in total. The van der Waals surface area contributed by atoms with Crippen LogP contribution in [0.25, 0.3) is 0 Å². The van der Waals surface area contributed by atoms with Gasteiger partial charge in [-0.15, -0.1) is 0 Å². The highest BCUT2D eigenvalue weighted by Gasteiger charge is 2.66. The quantitative estimate of drug-likeness (QED) is 0.577. The molecule has 5 atom stereocenters. The maximum atomic E-state index is 12.1. The van der Waals surface area contributed by atoms with E-state index in [0.29, 0.717) is 30.4 Å². The zero-order valence-electron chi connectivity index (χ0n) is 16.1. The fraction of sp³-hybridized carbons (Fsp3) is 0.700. The Balaban J connectivity index is 1.91. The van der Waals surface area contributed by atoms with Gasteiger partial charge in [0, 0.05) is 35.0 Å². The predicted molar refractivity (Wildman–Crippen MR) is 93.7 cm³/mol. The van der Waals surface area contributed by atoms with Crippen molar-refractivity contribution in [3.8, 4) is 0 Å². The molecule has 0 bridgehead atoms. The van der Waals surface area contributed by atoms with E-state index >= 15 is 0 Å². The molecule has 2 fully saturated rings. The molecule has 0 spiro atoms. The van der Waals surface area contributed by atoms with Crippen molar-refractivity contribution in [1.82, 2.24) is 0 Å². The summed E-state index contributed by atoms with van der Waals surface area (Å²) in [6, 6.07) is 0. The van der Waals surface area contributed by atoms with Crippen LogP contribution < -0.4 is 0 Å². The Morgan fingerprint density at radius 1 is 1.35 bits per heavy atom. The van der Waals surface area contributed by atoms with Gasteiger partial charge in [-0.1, -0.05) is 19.4 Å². The molecule has 2 saturated carbocycles. The maximum absolute atomic E-state index is 12.1. The van der Waals surface area contributed by atoms with Crippen molar-refractivity contribution < 1.29 is 29.3 Å². The SMILES string of the molecule is CC(C)=CC(=O)OC1CCC2(O)CC3(O)OC(=O)C(C)=C3CC2(C)C1C. The first-order valence-corrected chi connectivity index (χ1v) is 9.16. The minimum absolute atomic E-state index is 0.0477. The van der Waals surface area contributed by atoms with Gasteiger partial charge < -0.3 is 19.7 Å². The molecule has 0 radical (unpaired) electrons. The number of carbonyl (C=O) groups is 2. The summed E-state index contributed by atoms with van der Waals surface area (Å²) in [6.07, 6.45) is 2.29. The molecule has 0 amide bonds. The molecular weight excluding hydrogens is 336 g/mol. The second kappa shape index (κ2) is 5.92. The summed E-state index contributed by atoms with van der Waals surface area (Å²) in [6.45, 7) is 9.22. The van der Waals surface area contributed by atoms with Gasteiger partial charge in [0.1, 0.15) is 6.10 Å². The van der Waals surface area contributed by atoms with Crippen LogP contribution >= 0.6 is 0 Å². The zero-order valence-corrected chi connectivity index (χ0v) is 16.1. The van der Waals surface area contributed by atoms with Gasteiger partial charge in [-0.2, -0.15) is 0 Å². The van der Waals surface area contributed by atoms with Crippen molar-refractivity contribution in [2.24, 2.45) is 11.3 Å². The van der Waals surface area contributed by atoms with E-state index in [1.807, 2.05) is 27.7 Å². The van der Waals surface area contributed by atoms with Gasteiger partial charge >= 0.3 is 11.9 Å². The Hall–Kier alpha value is -1.66. The third kappa shape index (κ3) is 2.70.